The zero-order valence-electron chi connectivity index (χ0n) is 11.4. The van der Waals surface area contributed by atoms with E-state index in [9.17, 15) is 13.2 Å². The number of anilines is 1. The Kier molecular flexibility index (Phi) is 3.63. The Balaban J connectivity index is 2.38. The molecule has 0 unspecified atom stereocenters. The lowest BCUT2D eigenvalue weighted by molar-refractivity contribution is 0.600. The number of hydrogen-bond acceptors (Lipinski definition) is 4. The highest BCUT2D eigenvalue weighted by Gasteiger charge is 2.15. The van der Waals surface area contributed by atoms with Gasteiger partial charge in [0.05, 0.1) is 4.90 Å². The number of rotatable bonds is 3. The van der Waals surface area contributed by atoms with Crippen LogP contribution in [0, 0.1) is 20.8 Å². The molecule has 1 aromatic heterocycles. The molecule has 2 N–H and O–H groups in total. The topological polar surface area (TPSA) is 91.9 Å². The lowest BCUT2D eigenvalue weighted by Gasteiger charge is -2.08. The Morgan fingerprint density at radius 2 is 1.70 bits per heavy atom. The SMILES string of the molecule is Cc1ccc(S(=O)(=O)Nc2nc(C)c(C)c(=O)[nH]2)cc1. The van der Waals surface area contributed by atoms with Gasteiger partial charge in [0.1, 0.15) is 0 Å². The summed E-state index contributed by atoms with van der Waals surface area (Å²) < 4.78 is 26.6. The minimum Gasteiger partial charge on any atom is -0.292 e. The van der Waals surface area contributed by atoms with Crippen molar-refractivity contribution in [2.45, 2.75) is 25.7 Å². The summed E-state index contributed by atoms with van der Waals surface area (Å²) in [4.78, 5) is 18.1. The van der Waals surface area contributed by atoms with Crippen molar-refractivity contribution < 1.29 is 8.42 Å². The Morgan fingerprint density at radius 3 is 2.25 bits per heavy atom. The predicted octanol–water partition coefficient (Wildman–Crippen LogP) is 1.50. The molecule has 0 aliphatic rings. The fraction of sp³-hybridized carbons (Fsp3) is 0.231. The van der Waals surface area contributed by atoms with Crippen LogP contribution in [0.4, 0.5) is 5.95 Å². The van der Waals surface area contributed by atoms with E-state index in [2.05, 4.69) is 14.7 Å². The maximum Gasteiger partial charge on any atom is 0.264 e. The molecule has 0 bridgehead atoms. The van der Waals surface area contributed by atoms with E-state index >= 15 is 0 Å². The van der Waals surface area contributed by atoms with Crippen molar-refractivity contribution in [1.29, 1.82) is 0 Å². The monoisotopic (exact) mass is 293 g/mol. The molecule has 0 atom stereocenters. The minimum absolute atomic E-state index is 0.0846. The summed E-state index contributed by atoms with van der Waals surface area (Å²) in [5.41, 5.74) is 1.54. The standard InChI is InChI=1S/C13H15N3O3S/c1-8-4-6-11(7-5-8)20(18,19)16-13-14-10(3)9(2)12(17)15-13/h4-7H,1-3H3,(H2,14,15,16,17). The van der Waals surface area contributed by atoms with Crippen LogP contribution in [0.1, 0.15) is 16.8 Å². The molecule has 0 aliphatic heterocycles. The Morgan fingerprint density at radius 1 is 1.10 bits per heavy atom. The molecule has 0 spiro atoms. The first kappa shape index (κ1) is 14.3. The number of aromatic amines is 1. The molecular weight excluding hydrogens is 278 g/mol. The number of hydrogen-bond donors (Lipinski definition) is 2. The number of nitrogens with zero attached hydrogens (tertiary/aromatic N) is 1. The second kappa shape index (κ2) is 5.09. The van der Waals surface area contributed by atoms with Crippen molar-refractivity contribution >= 4 is 16.0 Å². The Hall–Kier alpha value is -2.15. The summed E-state index contributed by atoms with van der Waals surface area (Å²) in [6, 6.07) is 6.39. The molecule has 0 saturated heterocycles. The van der Waals surface area contributed by atoms with E-state index in [0.29, 0.717) is 11.3 Å². The second-order valence-corrected chi connectivity index (χ2v) is 6.23. The number of aromatic nitrogens is 2. The average molecular weight is 293 g/mol. The zero-order valence-corrected chi connectivity index (χ0v) is 12.2. The molecule has 0 radical (unpaired) electrons. The number of nitrogens with one attached hydrogen (secondary N) is 2. The molecule has 6 nitrogen and oxygen atoms in total. The van der Waals surface area contributed by atoms with Gasteiger partial charge in [0.2, 0.25) is 5.95 Å². The van der Waals surface area contributed by atoms with Gasteiger partial charge in [0.25, 0.3) is 15.6 Å². The summed E-state index contributed by atoms with van der Waals surface area (Å²) >= 11 is 0. The summed E-state index contributed by atoms with van der Waals surface area (Å²) in [6.45, 7) is 5.14. The Bertz CT molecular complexity index is 793. The fourth-order valence-electron chi connectivity index (χ4n) is 1.60. The summed E-state index contributed by atoms with van der Waals surface area (Å²) in [5.74, 6) is -0.0846. The second-order valence-electron chi connectivity index (χ2n) is 4.54. The van der Waals surface area contributed by atoms with Crippen LogP contribution in [0.15, 0.2) is 34.0 Å². The van der Waals surface area contributed by atoms with Crippen molar-refractivity contribution in [2.24, 2.45) is 0 Å². The zero-order chi connectivity index (χ0) is 14.9. The van der Waals surface area contributed by atoms with E-state index in [1.165, 1.54) is 12.1 Å². The highest BCUT2D eigenvalue weighted by atomic mass is 32.2. The van der Waals surface area contributed by atoms with Crippen molar-refractivity contribution in [3.63, 3.8) is 0 Å². The van der Waals surface area contributed by atoms with Gasteiger partial charge in [-0.2, -0.15) is 0 Å². The smallest absolute Gasteiger partial charge is 0.264 e. The summed E-state index contributed by atoms with van der Waals surface area (Å²) in [5, 5.41) is 0. The first-order chi connectivity index (χ1) is 9.29. The van der Waals surface area contributed by atoms with Gasteiger partial charge >= 0.3 is 0 Å². The number of sulfonamides is 1. The van der Waals surface area contributed by atoms with Gasteiger partial charge in [-0.05, 0) is 32.9 Å². The lowest BCUT2D eigenvalue weighted by Crippen LogP contribution is -2.21. The van der Waals surface area contributed by atoms with Crippen LogP contribution in [0.25, 0.3) is 0 Å². The van der Waals surface area contributed by atoms with E-state index in [-0.39, 0.29) is 16.4 Å². The number of benzene rings is 1. The van der Waals surface area contributed by atoms with Crippen molar-refractivity contribution in [1.82, 2.24) is 9.97 Å². The third kappa shape index (κ3) is 2.88. The van der Waals surface area contributed by atoms with E-state index in [1.54, 1.807) is 26.0 Å². The molecule has 0 amide bonds. The molecule has 7 heteroatoms. The van der Waals surface area contributed by atoms with Crippen LogP contribution in [0.5, 0.6) is 0 Å². The van der Waals surface area contributed by atoms with Gasteiger partial charge in [-0.15, -0.1) is 0 Å². The van der Waals surface area contributed by atoms with Gasteiger partial charge in [0.15, 0.2) is 0 Å². The molecule has 2 rings (SSSR count). The highest BCUT2D eigenvalue weighted by Crippen LogP contribution is 2.13. The molecule has 0 aliphatic carbocycles. The van der Waals surface area contributed by atoms with E-state index in [0.717, 1.165) is 5.56 Å². The fourth-order valence-corrected chi connectivity index (χ4v) is 2.56. The summed E-state index contributed by atoms with van der Waals surface area (Å²) in [6.07, 6.45) is 0. The minimum atomic E-state index is -3.76. The number of H-pyrrole nitrogens is 1. The molecule has 1 aromatic carbocycles. The third-order valence-corrected chi connectivity index (χ3v) is 4.31. The van der Waals surface area contributed by atoms with Gasteiger partial charge in [-0.25, -0.2) is 18.1 Å². The molecule has 106 valence electrons. The van der Waals surface area contributed by atoms with Crippen molar-refractivity contribution in [3.8, 4) is 0 Å². The number of aryl methyl sites for hydroxylation is 2. The van der Waals surface area contributed by atoms with E-state index in [4.69, 9.17) is 0 Å². The molecule has 1 heterocycles. The largest absolute Gasteiger partial charge is 0.292 e. The van der Waals surface area contributed by atoms with Gasteiger partial charge in [0, 0.05) is 11.3 Å². The van der Waals surface area contributed by atoms with Crippen LogP contribution in [0.3, 0.4) is 0 Å². The molecule has 2 aromatic rings. The maximum absolute atomic E-state index is 12.1. The highest BCUT2D eigenvalue weighted by molar-refractivity contribution is 7.92. The van der Waals surface area contributed by atoms with Gasteiger partial charge < -0.3 is 0 Å². The maximum atomic E-state index is 12.1. The van der Waals surface area contributed by atoms with Crippen molar-refractivity contribution in [2.75, 3.05) is 4.72 Å². The van der Waals surface area contributed by atoms with Crippen LogP contribution >= 0.6 is 0 Å². The molecular formula is C13H15N3O3S. The molecule has 0 saturated carbocycles. The quantitative estimate of drug-likeness (QED) is 0.897. The first-order valence-electron chi connectivity index (χ1n) is 5.96. The van der Waals surface area contributed by atoms with Crippen molar-refractivity contribution in [3.05, 3.63) is 51.4 Å². The average Bonchev–Trinajstić information content (AvgIpc) is 2.36. The molecule has 0 fully saturated rings. The Labute approximate surface area is 116 Å². The van der Waals surface area contributed by atoms with Gasteiger partial charge in [-0.3, -0.25) is 9.78 Å². The third-order valence-electron chi connectivity index (χ3n) is 2.96. The van der Waals surface area contributed by atoms with Crippen LogP contribution < -0.4 is 10.3 Å². The van der Waals surface area contributed by atoms with Crippen LogP contribution in [-0.4, -0.2) is 18.4 Å². The molecule has 20 heavy (non-hydrogen) atoms. The normalized spacial score (nSPS) is 11.3. The summed E-state index contributed by atoms with van der Waals surface area (Å²) in [7, 11) is -3.76. The predicted molar refractivity (Wildman–Crippen MR) is 76.3 cm³/mol. The van der Waals surface area contributed by atoms with E-state index < -0.39 is 10.0 Å². The first-order valence-corrected chi connectivity index (χ1v) is 7.45. The van der Waals surface area contributed by atoms with Crippen LogP contribution in [0.2, 0.25) is 0 Å². The van der Waals surface area contributed by atoms with Crippen LogP contribution in [-0.2, 0) is 10.0 Å². The van der Waals surface area contributed by atoms with Gasteiger partial charge in [-0.1, -0.05) is 17.7 Å². The van der Waals surface area contributed by atoms with E-state index in [1.807, 2.05) is 6.92 Å². The lowest BCUT2D eigenvalue weighted by atomic mass is 10.2.